The van der Waals surface area contributed by atoms with Gasteiger partial charge in [-0.1, -0.05) is 42.5 Å². The van der Waals surface area contributed by atoms with Gasteiger partial charge in [0.2, 0.25) is 0 Å². The van der Waals surface area contributed by atoms with Crippen molar-refractivity contribution in [3.05, 3.63) is 81.7 Å². The molecule has 0 unspecified atom stereocenters. The van der Waals surface area contributed by atoms with E-state index in [0.717, 1.165) is 30.6 Å². The number of para-hydroxylation sites is 1. The average Bonchev–Trinajstić information content (AvgIpc) is 3.19. The Morgan fingerprint density at radius 3 is 2.52 bits per heavy atom. The number of rotatable bonds is 5. The lowest BCUT2D eigenvalue weighted by Crippen LogP contribution is -2.28. The van der Waals surface area contributed by atoms with Crippen molar-refractivity contribution in [1.82, 2.24) is 10.2 Å². The van der Waals surface area contributed by atoms with Crippen LogP contribution in [0.4, 0.5) is 0 Å². The molecule has 2 aromatic carbocycles. The van der Waals surface area contributed by atoms with Crippen LogP contribution >= 0.6 is 0 Å². The lowest BCUT2D eigenvalue weighted by Gasteiger charge is -2.17. The van der Waals surface area contributed by atoms with Gasteiger partial charge in [-0.2, -0.15) is 0 Å². The van der Waals surface area contributed by atoms with E-state index < -0.39 is 11.5 Å². The first-order valence-corrected chi connectivity index (χ1v) is 9.31. The summed E-state index contributed by atoms with van der Waals surface area (Å²) >= 11 is 0. The Bertz CT molecular complexity index is 1020. The van der Waals surface area contributed by atoms with E-state index in [9.17, 15) is 9.59 Å². The first kappa shape index (κ1) is 17.5. The largest absolute Gasteiger partial charge is 0.422 e. The zero-order chi connectivity index (χ0) is 18.6. The summed E-state index contributed by atoms with van der Waals surface area (Å²) in [6.45, 7) is 3.52. The fourth-order valence-corrected chi connectivity index (χ4v) is 3.56. The monoisotopic (exact) mass is 362 g/mol. The van der Waals surface area contributed by atoms with E-state index in [1.807, 2.05) is 30.3 Å². The van der Waals surface area contributed by atoms with Crippen LogP contribution in [0.25, 0.3) is 11.0 Å². The molecule has 1 saturated heterocycles. The number of fused-ring (bicyclic) bond motifs is 1. The van der Waals surface area contributed by atoms with Gasteiger partial charge in [-0.3, -0.25) is 9.69 Å². The molecule has 0 radical (unpaired) electrons. The third kappa shape index (κ3) is 3.93. The lowest BCUT2D eigenvalue weighted by atomic mass is 10.1. The van der Waals surface area contributed by atoms with Crippen LogP contribution < -0.4 is 10.9 Å². The van der Waals surface area contributed by atoms with Crippen molar-refractivity contribution in [2.75, 3.05) is 13.1 Å². The second-order valence-corrected chi connectivity index (χ2v) is 6.92. The maximum absolute atomic E-state index is 12.6. The third-order valence-electron chi connectivity index (χ3n) is 5.04. The highest BCUT2D eigenvalue weighted by atomic mass is 16.4. The fraction of sp³-hybridized carbons (Fsp3) is 0.273. The Morgan fingerprint density at radius 2 is 1.70 bits per heavy atom. The predicted molar refractivity (Wildman–Crippen MR) is 105 cm³/mol. The van der Waals surface area contributed by atoms with E-state index in [0.29, 0.717) is 12.1 Å². The van der Waals surface area contributed by atoms with Gasteiger partial charge in [0.25, 0.3) is 5.91 Å². The summed E-state index contributed by atoms with van der Waals surface area (Å²) in [7, 11) is 0. The molecule has 1 aliphatic heterocycles. The van der Waals surface area contributed by atoms with Crippen LogP contribution in [0, 0.1) is 0 Å². The number of carbonyl (C=O) groups excluding carboxylic acids is 1. The van der Waals surface area contributed by atoms with Gasteiger partial charge in [-0.05, 0) is 49.2 Å². The summed E-state index contributed by atoms with van der Waals surface area (Å²) in [5.74, 6) is -0.412. The van der Waals surface area contributed by atoms with Crippen molar-refractivity contribution in [2.24, 2.45) is 0 Å². The summed E-state index contributed by atoms with van der Waals surface area (Å²) in [5.41, 5.74) is 2.19. The fourth-order valence-electron chi connectivity index (χ4n) is 3.56. The Morgan fingerprint density at radius 1 is 1.00 bits per heavy atom. The van der Waals surface area contributed by atoms with Gasteiger partial charge in [0.1, 0.15) is 11.1 Å². The normalized spacial score (nSPS) is 14.5. The molecule has 1 aromatic heterocycles. The quantitative estimate of drug-likeness (QED) is 0.707. The number of carbonyl (C=O) groups is 1. The Hall–Kier alpha value is -2.92. The molecule has 3 aromatic rings. The average molecular weight is 362 g/mol. The van der Waals surface area contributed by atoms with Crippen molar-refractivity contribution >= 4 is 16.9 Å². The molecule has 0 spiro atoms. The second-order valence-electron chi connectivity index (χ2n) is 6.92. The standard InChI is InChI=1S/C22H22N2O3/c25-21(19-13-16-7-3-4-10-20(16)27-22(19)26)23-14-17-8-1-2-9-18(17)15-24-11-5-6-12-24/h1-4,7-10,13H,5-6,11-12,14-15H2,(H,23,25). The Balaban J connectivity index is 1.50. The van der Waals surface area contributed by atoms with E-state index in [2.05, 4.69) is 16.3 Å². The van der Waals surface area contributed by atoms with Gasteiger partial charge in [0, 0.05) is 18.5 Å². The topological polar surface area (TPSA) is 62.6 Å². The Kier molecular flexibility index (Phi) is 5.03. The van der Waals surface area contributed by atoms with Crippen LogP contribution in [0.3, 0.4) is 0 Å². The molecule has 2 heterocycles. The number of likely N-dealkylation sites (tertiary alicyclic amines) is 1. The molecule has 1 fully saturated rings. The van der Waals surface area contributed by atoms with Gasteiger partial charge >= 0.3 is 5.63 Å². The zero-order valence-corrected chi connectivity index (χ0v) is 15.1. The van der Waals surface area contributed by atoms with Gasteiger partial charge in [0.05, 0.1) is 0 Å². The van der Waals surface area contributed by atoms with E-state index in [-0.39, 0.29) is 5.56 Å². The molecule has 0 aliphatic carbocycles. The molecule has 5 nitrogen and oxygen atoms in total. The number of nitrogens with zero attached hydrogens (tertiary/aromatic N) is 1. The molecule has 138 valence electrons. The second kappa shape index (κ2) is 7.76. The summed E-state index contributed by atoms with van der Waals surface area (Å²) < 4.78 is 5.26. The predicted octanol–water partition coefficient (Wildman–Crippen LogP) is 3.32. The van der Waals surface area contributed by atoms with E-state index in [1.54, 1.807) is 18.2 Å². The number of amides is 1. The molecule has 1 amide bonds. The summed E-state index contributed by atoms with van der Waals surface area (Å²) in [5, 5.41) is 3.60. The molecule has 27 heavy (non-hydrogen) atoms. The molecule has 0 bridgehead atoms. The molecular formula is C22H22N2O3. The molecule has 1 aliphatic rings. The molecule has 5 heteroatoms. The maximum Gasteiger partial charge on any atom is 0.349 e. The molecular weight excluding hydrogens is 340 g/mol. The van der Waals surface area contributed by atoms with Gasteiger partial charge in [-0.15, -0.1) is 0 Å². The van der Waals surface area contributed by atoms with Crippen LogP contribution in [0.5, 0.6) is 0 Å². The van der Waals surface area contributed by atoms with Gasteiger partial charge in [0.15, 0.2) is 0 Å². The highest BCUT2D eigenvalue weighted by Gasteiger charge is 2.16. The first-order valence-electron chi connectivity index (χ1n) is 9.31. The summed E-state index contributed by atoms with van der Waals surface area (Å²) in [4.78, 5) is 27.1. The smallest absolute Gasteiger partial charge is 0.349 e. The van der Waals surface area contributed by atoms with Gasteiger partial charge < -0.3 is 9.73 Å². The van der Waals surface area contributed by atoms with Crippen LogP contribution in [0.15, 0.2) is 63.8 Å². The van der Waals surface area contributed by atoms with E-state index in [1.165, 1.54) is 18.4 Å². The van der Waals surface area contributed by atoms with E-state index in [4.69, 9.17) is 4.42 Å². The number of nitrogens with one attached hydrogen (secondary N) is 1. The van der Waals surface area contributed by atoms with Crippen molar-refractivity contribution in [3.8, 4) is 0 Å². The lowest BCUT2D eigenvalue weighted by molar-refractivity contribution is 0.0947. The SMILES string of the molecule is O=C(NCc1ccccc1CN1CCCC1)c1cc2ccccc2oc1=O. The van der Waals surface area contributed by atoms with Gasteiger partial charge in [-0.25, -0.2) is 4.79 Å². The van der Waals surface area contributed by atoms with Crippen LogP contribution in [-0.4, -0.2) is 23.9 Å². The van der Waals surface area contributed by atoms with E-state index >= 15 is 0 Å². The van der Waals surface area contributed by atoms with Crippen molar-refractivity contribution in [1.29, 1.82) is 0 Å². The summed E-state index contributed by atoms with van der Waals surface area (Å²) in [6.07, 6.45) is 2.49. The zero-order valence-electron chi connectivity index (χ0n) is 15.1. The maximum atomic E-state index is 12.6. The minimum atomic E-state index is -0.614. The van der Waals surface area contributed by atoms with Crippen molar-refractivity contribution < 1.29 is 9.21 Å². The number of benzene rings is 2. The third-order valence-corrected chi connectivity index (χ3v) is 5.04. The van der Waals surface area contributed by atoms with Crippen molar-refractivity contribution in [3.63, 3.8) is 0 Å². The van der Waals surface area contributed by atoms with Crippen molar-refractivity contribution in [2.45, 2.75) is 25.9 Å². The molecule has 0 atom stereocenters. The first-order chi connectivity index (χ1) is 13.2. The summed E-state index contributed by atoms with van der Waals surface area (Å²) in [6, 6.07) is 16.9. The molecule has 4 rings (SSSR count). The molecule has 1 N–H and O–H groups in total. The minimum absolute atomic E-state index is 0.0331. The Labute approximate surface area is 157 Å². The van der Waals surface area contributed by atoms with Crippen LogP contribution in [0.1, 0.15) is 34.3 Å². The number of hydrogen-bond acceptors (Lipinski definition) is 4. The van der Waals surface area contributed by atoms with Crippen LogP contribution in [0.2, 0.25) is 0 Å². The highest BCUT2D eigenvalue weighted by Crippen LogP contribution is 2.17. The molecule has 0 saturated carbocycles. The number of hydrogen-bond donors (Lipinski definition) is 1. The highest BCUT2D eigenvalue weighted by molar-refractivity contribution is 5.96. The minimum Gasteiger partial charge on any atom is -0.422 e. The van der Waals surface area contributed by atoms with Crippen LogP contribution in [-0.2, 0) is 13.1 Å².